The van der Waals surface area contributed by atoms with E-state index in [1.807, 2.05) is 13.8 Å². The molecule has 3 heterocycles. The fourth-order valence-corrected chi connectivity index (χ4v) is 8.68. The van der Waals surface area contributed by atoms with Crippen molar-refractivity contribution < 1.29 is 34.8 Å². The zero-order valence-electron chi connectivity index (χ0n) is 35.8. The molecule has 0 atom stereocenters. The second-order valence-electron chi connectivity index (χ2n) is 15.2. The standard InChI is InChI=1S/C23H29N5O4S.C21H22N6O4S/c1-2-3-14-24-23(29)28-22-26-20-13-10-18(15-21(20)27-22)32-33(30,31)19-11-8-17(9-12-19)25-16-6-4-5-7-16;1-2-3-10-23-21(28)26-20-24-18-9-6-16(13-19(18)25-20)31-32(29,30)17-7-4-15(5-8-17)27-12-11-22-14-27/h8-13,15-16,25H,2-7,14H2,1H3,(H3,24,26,27,28,29);4-9,11-14H,2-3,10H2,1H3,(H3,23,24,25,26,28). The van der Waals surface area contributed by atoms with Gasteiger partial charge in [0.25, 0.3) is 0 Å². The van der Waals surface area contributed by atoms with Crippen LogP contribution in [0.2, 0.25) is 0 Å². The molecule has 0 bridgehead atoms. The quantitative estimate of drug-likeness (QED) is 0.0338. The lowest BCUT2D eigenvalue weighted by Crippen LogP contribution is -2.29. The van der Waals surface area contributed by atoms with Gasteiger partial charge in [-0.05, 0) is 98.5 Å². The van der Waals surface area contributed by atoms with Crippen molar-refractivity contribution in [3.05, 3.63) is 104 Å². The summed E-state index contributed by atoms with van der Waals surface area (Å²) in [4.78, 5) is 42.3. The SMILES string of the molecule is CCCCNC(=O)Nc1nc2ccc(OS(=O)(=O)c3ccc(-n4ccnc4)cc3)cc2[nH]1.CCCCNC(=O)Nc1nc2ccc(OS(=O)(=O)c3ccc(NC4CCCC4)cc3)cc2[nH]1. The number of H-pyrrole nitrogens is 2. The molecule has 0 spiro atoms. The van der Waals surface area contributed by atoms with Crippen molar-refractivity contribution in [1.29, 1.82) is 0 Å². The summed E-state index contributed by atoms with van der Waals surface area (Å²) in [6.07, 6.45) is 13.5. The number of nitrogens with zero attached hydrogens (tertiary/aromatic N) is 4. The van der Waals surface area contributed by atoms with Crippen LogP contribution in [0.1, 0.15) is 65.2 Å². The minimum atomic E-state index is -4.03. The molecule has 65 heavy (non-hydrogen) atoms. The number of imidazole rings is 3. The molecular formula is C44H51N11O8S2. The molecule has 1 aliphatic rings. The number of hydrogen-bond acceptors (Lipinski definition) is 12. The lowest BCUT2D eigenvalue weighted by Gasteiger charge is -2.14. The average molecular weight is 926 g/mol. The van der Waals surface area contributed by atoms with E-state index in [2.05, 4.69) is 51.5 Å². The Labute approximate surface area is 376 Å². The highest BCUT2D eigenvalue weighted by atomic mass is 32.2. The Balaban J connectivity index is 0.000000194. The van der Waals surface area contributed by atoms with Gasteiger partial charge in [0.05, 0.1) is 28.4 Å². The van der Waals surface area contributed by atoms with Crippen LogP contribution in [0.5, 0.6) is 11.5 Å². The topological polar surface area (TPSA) is 256 Å². The average Bonchev–Trinajstić information content (AvgIpc) is 4.13. The van der Waals surface area contributed by atoms with Crippen molar-refractivity contribution in [1.82, 2.24) is 40.1 Å². The van der Waals surface area contributed by atoms with Gasteiger partial charge in [0, 0.05) is 55.0 Å². The van der Waals surface area contributed by atoms with Crippen molar-refractivity contribution in [3.63, 3.8) is 0 Å². The number of aromatic nitrogens is 6. The summed E-state index contributed by atoms with van der Waals surface area (Å²) in [5, 5.41) is 14.2. The highest BCUT2D eigenvalue weighted by Crippen LogP contribution is 2.27. The second-order valence-corrected chi connectivity index (χ2v) is 18.3. The van der Waals surface area contributed by atoms with Gasteiger partial charge in [-0.25, -0.2) is 24.5 Å². The van der Waals surface area contributed by atoms with E-state index in [1.165, 1.54) is 49.2 Å². The summed E-state index contributed by atoms with van der Waals surface area (Å²) >= 11 is 0. The van der Waals surface area contributed by atoms with Crippen LogP contribution < -0.4 is 35.0 Å². The van der Waals surface area contributed by atoms with Crippen LogP contribution in [0.25, 0.3) is 27.8 Å². The molecule has 19 nitrogen and oxygen atoms in total. The number of benzene rings is 4. The first-order valence-corrected chi connectivity index (χ1v) is 24.1. The third-order valence-electron chi connectivity index (χ3n) is 10.2. The molecule has 1 fully saturated rings. The van der Waals surface area contributed by atoms with E-state index in [0.29, 0.717) is 41.2 Å². The van der Waals surface area contributed by atoms with Gasteiger partial charge in [0.15, 0.2) is 0 Å². The molecule has 0 aliphatic heterocycles. The third-order valence-corrected chi connectivity index (χ3v) is 12.7. The summed E-state index contributed by atoms with van der Waals surface area (Å²) in [5.74, 6) is 0.797. The molecule has 0 radical (unpaired) electrons. The van der Waals surface area contributed by atoms with E-state index >= 15 is 0 Å². The van der Waals surface area contributed by atoms with E-state index in [1.54, 1.807) is 71.8 Å². The van der Waals surface area contributed by atoms with Crippen molar-refractivity contribution in [2.75, 3.05) is 29.0 Å². The first-order chi connectivity index (χ1) is 31.4. The number of carbonyl (C=O) groups excluding carboxylic acids is 2. The number of carbonyl (C=O) groups is 2. The molecule has 21 heteroatoms. The van der Waals surface area contributed by atoms with Gasteiger partial charge in [-0.3, -0.25) is 10.6 Å². The monoisotopic (exact) mass is 925 g/mol. The van der Waals surface area contributed by atoms with Gasteiger partial charge in [-0.2, -0.15) is 16.8 Å². The van der Waals surface area contributed by atoms with Crippen LogP contribution in [0, 0.1) is 0 Å². The van der Waals surface area contributed by atoms with Crippen LogP contribution in [-0.2, 0) is 20.2 Å². The molecule has 4 amide bonds. The zero-order valence-corrected chi connectivity index (χ0v) is 37.5. The maximum absolute atomic E-state index is 12.7. The Morgan fingerprint density at radius 1 is 0.692 bits per heavy atom. The molecule has 7 aromatic rings. The molecule has 0 unspecified atom stereocenters. The number of amides is 4. The lowest BCUT2D eigenvalue weighted by atomic mass is 10.2. The van der Waals surface area contributed by atoms with Crippen LogP contribution in [0.3, 0.4) is 0 Å². The summed E-state index contributed by atoms with van der Waals surface area (Å²) in [5.41, 5.74) is 3.88. The summed E-state index contributed by atoms with van der Waals surface area (Å²) in [6, 6.07) is 21.9. The first-order valence-electron chi connectivity index (χ1n) is 21.3. The van der Waals surface area contributed by atoms with Gasteiger partial charge < -0.3 is 38.9 Å². The molecule has 1 saturated carbocycles. The number of anilines is 3. The lowest BCUT2D eigenvalue weighted by molar-refractivity contribution is 0.251. The Kier molecular flexibility index (Phi) is 14.8. The number of aromatic amines is 2. The van der Waals surface area contributed by atoms with E-state index in [0.717, 1.165) is 49.9 Å². The minimum absolute atomic E-state index is 0.0252. The van der Waals surface area contributed by atoms with Crippen molar-refractivity contribution in [2.45, 2.75) is 81.0 Å². The van der Waals surface area contributed by atoms with Crippen LogP contribution in [0.15, 0.2) is 113 Å². The van der Waals surface area contributed by atoms with Gasteiger partial charge in [0.1, 0.15) is 21.3 Å². The predicted octanol–water partition coefficient (Wildman–Crippen LogP) is 8.04. The van der Waals surface area contributed by atoms with Gasteiger partial charge in [-0.15, -0.1) is 0 Å². The Hall–Kier alpha value is -7.13. The highest BCUT2D eigenvalue weighted by Gasteiger charge is 2.20. The smallest absolute Gasteiger partial charge is 0.339 e. The van der Waals surface area contributed by atoms with E-state index in [-0.39, 0.29) is 45.2 Å². The molecule has 7 N–H and O–H groups in total. The molecule has 0 saturated heterocycles. The van der Waals surface area contributed by atoms with Crippen LogP contribution >= 0.6 is 0 Å². The number of rotatable bonds is 17. The summed E-state index contributed by atoms with van der Waals surface area (Å²) in [6.45, 7) is 5.23. The van der Waals surface area contributed by atoms with Crippen LogP contribution in [0.4, 0.5) is 27.2 Å². The van der Waals surface area contributed by atoms with E-state index < -0.39 is 20.2 Å². The molecule has 1 aliphatic carbocycles. The fourth-order valence-electron chi connectivity index (χ4n) is 6.83. The Bertz CT molecular complexity index is 2910. The number of nitrogens with one attached hydrogen (secondary N) is 7. The number of hydrogen-bond donors (Lipinski definition) is 7. The maximum atomic E-state index is 12.7. The maximum Gasteiger partial charge on any atom is 0.339 e. The summed E-state index contributed by atoms with van der Waals surface area (Å²) < 4.78 is 63.2. The van der Waals surface area contributed by atoms with Gasteiger partial charge >= 0.3 is 32.3 Å². The van der Waals surface area contributed by atoms with E-state index in [4.69, 9.17) is 8.37 Å². The van der Waals surface area contributed by atoms with E-state index in [9.17, 15) is 26.4 Å². The number of fused-ring (bicyclic) bond motifs is 2. The normalized spacial score (nSPS) is 12.9. The largest absolute Gasteiger partial charge is 0.382 e. The third kappa shape index (κ3) is 12.5. The number of urea groups is 2. The molecular weight excluding hydrogens is 875 g/mol. The van der Waals surface area contributed by atoms with Gasteiger partial charge in [-0.1, -0.05) is 39.5 Å². The predicted molar refractivity (Wildman–Crippen MR) is 248 cm³/mol. The molecule has 3 aromatic heterocycles. The Morgan fingerprint density at radius 3 is 1.65 bits per heavy atom. The van der Waals surface area contributed by atoms with Crippen molar-refractivity contribution in [3.8, 4) is 17.2 Å². The van der Waals surface area contributed by atoms with Gasteiger partial charge in [0.2, 0.25) is 11.9 Å². The molecule has 342 valence electrons. The zero-order chi connectivity index (χ0) is 45.8. The first kappa shape index (κ1) is 45.9. The molecule has 8 rings (SSSR count). The van der Waals surface area contributed by atoms with Crippen LogP contribution in [-0.4, -0.2) is 77.5 Å². The highest BCUT2D eigenvalue weighted by molar-refractivity contribution is 7.87. The summed E-state index contributed by atoms with van der Waals surface area (Å²) in [7, 11) is -8.02. The molecule has 4 aromatic carbocycles. The fraction of sp³-hybridized carbons (Fsp3) is 0.295. The van der Waals surface area contributed by atoms with Crippen molar-refractivity contribution >= 4 is 71.9 Å². The second kappa shape index (κ2) is 21.0. The number of unbranched alkanes of at least 4 members (excludes halogenated alkanes) is 2. The van der Waals surface area contributed by atoms with Crippen molar-refractivity contribution in [2.24, 2.45) is 0 Å². The minimum Gasteiger partial charge on any atom is -0.382 e. The Morgan fingerprint density at radius 2 is 1.18 bits per heavy atom.